The highest BCUT2D eigenvalue weighted by Crippen LogP contribution is 2.36. The molecule has 11 heteroatoms. The zero-order valence-electron chi connectivity index (χ0n) is 20.6. The molecule has 1 aromatic heterocycles. The van der Waals surface area contributed by atoms with Crippen LogP contribution in [0.5, 0.6) is 5.75 Å². The number of alkyl halides is 3. The molecule has 8 nitrogen and oxygen atoms in total. The third-order valence-corrected chi connectivity index (χ3v) is 5.65. The van der Waals surface area contributed by atoms with Crippen molar-refractivity contribution in [2.24, 2.45) is 0 Å². The Morgan fingerprint density at radius 1 is 1.26 bits per heavy atom. The zero-order chi connectivity index (χ0) is 27.1. The van der Waals surface area contributed by atoms with Gasteiger partial charge in [-0.25, -0.2) is 9.97 Å². The summed E-state index contributed by atoms with van der Waals surface area (Å²) in [6.45, 7) is 4.24. The van der Waals surface area contributed by atoms with Gasteiger partial charge in [-0.1, -0.05) is 18.9 Å². The number of terminal acetylenes is 1. The summed E-state index contributed by atoms with van der Waals surface area (Å²) in [5.41, 5.74) is 0.0937. The predicted octanol–water partition coefficient (Wildman–Crippen LogP) is 4.65. The highest BCUT2D eigenvalue weighted by Gasteiger charge is 2.31. The fraction of sp³-hybridized carbons (Fsp3) is 0.296. The number of rotatable bonds is 9. The van der Waals surface area contributed by atoms with E-state index < -0.39 is 11.7 Å². The van der Waals surface area contributed by atoms with Crippen LogP contribution in [0.2, 0.25) is 0 Å². The summed E-state index contributed by atoms with van der Waals surface area (Å²) >= 11 is 0. The molecule has 3 N–H and O–H groups in total. The number of carbonyl (C=O) groups excluding carboxylic acids is 1. The topological polar surface area (TPSA) is 97.4 Å². The molecule has 1 atom stereocenters. The average Bonchev–Trinajstić information content (AvgIpc) is 3.40. The minimum atomic E-state index is -4.58. The highest BCUT2D eigenvalue weighted by atomic mass is 19.4. The van der Waals surface area contributed by atoms with Gasteiger partial charge in [-0.3, -0.25) is 4.79 Å². The standard InChI is InChI=1S/C27H26F3N5O3/c1-3-17-10-18(27(28,29)30)12-19(11-17)34-26-21-13-23(35-25(36)6-5-8-31-4-2)24(14-22(21)32-16-33-26)38-20-7-9-37-15-20/h1,5-6,10-14,16,20,31H,4,7-9,15H2,2H3,(H,35,36)(H,32,33,34). The predicted molar refractivity (Wildman–Crippen MR) is 138 cm³/mol. The van der Waals surface area contributed by atoms with Crippen molar-refractivity contribution >= 4 is 34.0 Å². The Labute approximate surface area is 217 Å². The largest absolute Gasteiger partial charge is 0.486 e. The number of halogens is 3. The summed E-state index contributed by atoms with van der Waals surface area (Å²) in [6.07, 6.45) is 5.67. The first kappa shape index (κ1) is 26.9. The number of carbonyl (C=O) groups is 1. The molecule has 0 spiro atoms. The lowest BCUT2D eigenvalue weighted by Gasteiger charge is -2.18. The lowest BCUT2D eigenvalue weighted by Crippen LogP contribution is -2.18. The molecule has 38 heavy (non-hydrogen) atoms. The van der Waals surface area contributed by atoms with Crippen LogP contribution in [0.1, 0.15) is 24.5 Å². The highest BCUT2D eigenvalue weighted by molar-refractivity contribution is 6.03. The molecule has 0 aliphatic carbocycles. The van der Waals surface area contributed by atoms with Crippen molar-refractivity contribution in [3.63, 3.8) is 0 Å². The molecule has 0 bridgehead atoms. The van der Waals surface area contributed by atoms with Crippen molar-refractivity contribution in [2.75, 3.05) is 36.9 Å². The van der Waals surface area contributed by atoms with Crippen LogP contribution in [0, 0.1) is 12.3 Å². The first-order chi connectivity index (χ1) is 18.3. The maximum atomic E-state index is 13.4. The number of hydrogen-bond donors (Lipinski definition) is 3. The van der Waals surface area contributed by atoms with Gasteiger partial charge in [0.25, 0.3) is 0 Å². The van der Waals surface area contributed by atoms with E-state index in [4.69, 9.17) is 15.9 Å². The van der Waals surface area contributed by atoms with Crippen molar-refractivity contribution in [3.8, 4) is 18.1 Å². The molecule has 0 radical (unpaired) electrons. The number of nitrogens with one attached hydrogen (secondary N) is 3. The van der Waals surface area contributed by atoms with Gasteiger partial charge in [0.1, 0.15) is 24.0 Å². The Morgan fingerprint density at radius 3 is 2.82 bits per heavy atom. The fourth-order valence-corrected chi connectivity index (χ4v) is 3.82. The fourth-order valence-electron chi connectivity index (χ4n) is 3.82. The summed E-state index contributed by atoms with van der Waals surface area (Å²) < 4.78 is 51.7. The molecular formula is C27H26F3N5O3. The van der Waals surface area contributed by atoms with Crippen LogP contribution in [0.15, 0.2) is 48.8 Å². The van der Waals surface area contributed by atoms with Crippen LogP contribution in [-0.2, 0) is 15.7 Å². The number of benzene rings is 2. The third kappa shape index (κ3) is 6.79. The van der Waals surface area contributed by atoms with E-state index in [0.29, 0.717) is 48.5 Å². The van der Waals surface area contributed by atoms with Gasteiger partial charge < -0.3 is 25.4 Å². The van der Waals surface area contributed by atoms with Gasteiger partial charge in [0.15, 0.2) is 0 Å². The molecule has 198 valence electrons. The smallest absolute Gasteiger partial charge is 0.416 e. The summed E-state index contributed by atoms with van der Waals surface area (Å²) in [4.78, 5) is 21.1. The van der Waals surface area contributed by atoms with E-state index in [1.807, 2.05) is 6.92 Å². The number of hydrogen-bond acceptors (Lipinski definition) is 7. The molecule has 2 heterocycles. The van der Waals surface area contributed by atoms with Crippen molar-refractivity contribution in [1.29, 1.82) is 0 Å². The second-order valence-electron chi connectivity index (χ2n) is 8.46. The van der Waals surface area contributed by atoms with Crippen LogP contribution in [0.25, 0.3) is 10.9 Å². The van der Waals surface area contributed by atoms with Crippen LogP contribution >= 0.6 is 0 Å². The summed E-state index contributed by atoms with van der Waals surface area (Å²) in [6, 6.07) is 6.53. The molecule has 1 unspecified atom stereocenters. The maximum Gasteiger partial charge on any atom is 0.416 e. The minimum Gasteiger partial charge on any atom is -0.486 e. The van der Waals surface area contributed by atoms with Crippen LogP contribution in [0.4, 0.5) is 30.4 Å². The number of ether oxygens (including phenoxy) is 2. The van der Waals surface area contributed by atoms with E-state index in [2.05, 4.69) is 31.8 Å². The number of fused-ring (bicyclic) bond motifs is 1. The third-order valence-electron chi connectivity index (χ3n) is 5.65. The Balaban J connectivity index is 1.71. The monoisotopic (exact) mass is 525 g/mol. The lowest BCUT2D eigenvalue weighted by atomic mass is 10.1. The second-order valence-corrected chi connectivity index (χ2v) is 8.46. The summed E-state index contributed by atoms with van der Waals surface area (Å²) in [7, 11) is 0. The van der Waals surface area contributed by atoms with E-state index in [-0.39, 0.29) is 29.1 Å². The molecule has 2 aromatic carbocycles. The van der Waals surface area contributed by atoms with E-state index >= 15 is 0 Å². The average molecular weight is 526 g/mol. The van der Waals surface area contributed by atoms with Crippen LogP contribution in [0.3, 0.4) is 0 Å². The molecular weight excluding hydrogens is 499 g/mol. The normalized spacial score (nSPS) is 15.5. The van der Waals surface area contributed by atoms with Gasteiger partial charge in [-0.15, -0.1) is 6.42 Å². The van der Waals surface area contributed by atoms with Crippen molar-refractivity contribution in [3.05, 3.63) is 59.9 Å². The Bertz CT molecular complexity index is 1380. The number of anilines is 3. The number of nitrogens with zero attached hydrogens (tertiary/aromatic N) is 2. The summed E-state index contributed by atoms with van der Waals surface area (Å²) in [5, 5.41) is 9.27. The van der Waals surface area contributed by atoms with Gasteiger partial charge in [0.05, 0.1) is 30.0 Å². The van der Waals surface area contributed by atoms with Crippen molar-refractivity contribution in [2.45, 2.75) is 25.6 Å². The number of likely N-dealkylation sites (N-methyl/N-ethyl adjacent to an activating group) is 1. The number of aromatic nitrogens is 2. The Morgan fingerprint density at radius 2 is 2.11 bits per heavy atom. The molecule has 1 aliphatic heterocycles. The van der Waals surface area contributed by atoms with E-state index in [1.165, 1.54) is 18.5 Å². The lowest BCUT2D eigenvalue weighted by molar-refractivity contribution is -0.137. The van der Waals surface area contributed by atoms with Crippen LogP contribution in [-0.4, -0.2) is 48.3 Å². The first-order valence-corrected chi connectivity index (χ1v) is 11.9. The minimum absolute atomic E-state index is 0.0625. The Kier molecular flexibility index (Phi) is 8.45. The number of amides is 1. The molecule has 4 rings (SSSR count). The quantitative estimate of drug-likeness (QED) is 0.213. The molecule has 1 amide bonds. The molecule has 1 saturated heterocycles. The van der Waals surface area contributed by atoms with Gasteiger partial charge in [-0.05, 0) is 30.8 Å². The molecule has 1 aliphatic rings. The first-order valence-electron chi connectivity index (χ1n) is 11.9. The van der Waals surface area contributed by atoms with Gasteiger partial charge in [0.2, 0.25) is 5.91 Å². The van der Waals surface area contributed by atoms with Crippen molar-refractivity contribution in [1.82, 2.24) is 15.3 Å². The van der Waals surface area contributed by atoms with Crippen LogP contribution < -0.4 is 20.7 Å². The SMILES string of the molecule is C#Cc1cc(Nc2ncnc3cc(OC4CCOC4)c(NC(=O)C=CCNCC)cc23)cc(C(F)(F)F)c1. The molecule has 1 fully saturated rings. The van der Waals surface area contributed by atoms with Gasteiger partial charge in [0, 0.05) is 41.7 Å². The van der Waals surface area contributed by atoms with E-state index in [0.717, 1.165) is 18.7 Å². The van der Waals surface area contributed by atoms with E-state index in [9.17, 15) is 18.0 Å². The second kappa shape index (κ2) is 11.9. The van der Waals surface area contributed by atoms with E-state index in [1.54, 1.807) is 18.2 Å². The van der Waals surface area contributed by atoms with Gasteiger partial charge >= 0.3 is 6.18 Å². The summed E-state index contributed by atoms with van der Waals surface area (Å²) in [5.74, 6) is 2.48. The molecule has 3 aromatic rings. The Hall–Kier alpha value is -4.14. The zero-order valence-corrected chi connectivity index (χ0v) is 20.6. The van der Waals surface area contributed by atoms with Gasteiger partial charge in [-0.2, -0.15) is 13.2 Å². The van der Waals surface area contributed by atoms with Crippen molar-refractivity contribution < 1.29 is 27.4 Å². The molecule has 0 saturated carbocycles. The maximum absolute atomic E-state index is 13.4.